The van der Waals surface area contributed by atoms with Crippen molar-refractivity contribution in [1.82, 2.24) is 0 Å². The number of ether oxygens (including phenoxy) is 1. The van der Waals surface area contributed by atoms with Gasteiger partial charge in [0.25, 0.3) is 6.43 Å². The van der Waals surface area contributed by atoms with Gasteiger partial charge < -0.3 is 4.74 Å². The van der Waals surface area contributed by atoms with Gasteiger partial charge in [0, 0.05) is 11.1 Å². The number of rotatable bonds is 8. The van der Waals surface area contributed by atoms with Crippen LogP contribution in [0, 0.1) is 5.82 Å². The minimum atomic E-state index is -3.35. The normalized spacial score (nSPS) is 12.1. The third-order valence-corrected chi connectivity index (χ3v) is 5.06. The summed E-state index contributed by atoms with van der Waals surface area (Å²) in [5.74, 6) is -4.74. The van der Waals surface area contributed by atoms with Gasteiger partial charge in [-0.3, -0.25) is 0 Å². The van der Waals surface area contributed by atoms with Gasteiger partial charge >= 0.3 is 0 Å². The minimum absolute atomic E-state index is 0.0410. The fraction of sp³-hybridized carbons (Fsp3) is 0.231. The molecule has 3 aromatic carbocycles. The van der Waals surface area contributed by atoms with Gasteiger partial charge in [-0.25, -0.2) is 22.0 Å². The van der Waals surface area contributed by atoms with E-state index in [0.717, 1.165) is 36.1 Å². The van der Waals surface area contributed by atoms with Crippen molar-refractivity contribution in [1.29, 1.82) is 0 Å². The Balaban J connectivity index is 1.94. The van der Waals surface area contributed by atoms with Crippen LogP contribution in [-0.4, -0.2) is 6.61 Å². The molecule has 0 atom stereocenters. The molecular formula is C26H23F5O. The SMILES string of the molecule is CCCc1ccc(-c2ccc(/C(F)=C(\F)c3ccc(OCC)c(F)c3C(F)F)cc2)cc1. The minimum Gasteiger partial charge on any atom is -0.491 e. The summed E-state index contributed by atoms with van der Waals surface area (Å²) in [6, 6.07) is 15.8. The number of halogens is 5. The van der Waals surface area contributed by atoms with Crippen molar-refractivity contribution in [3.63, 3.8) is 0 Å². The zero-order valence-electron chi connectivity index (χ0n) is 17.8. The molecule has 0 bridgehead atoms. The molecule has 6 heteroatoms. The zero-order valence-corrected chi connectivity index (χ0v) is 17.8. The van der Waals surface area contributed by atoms with E-state index in [-0.39, 0.29) is 12.2 Å². The lowest BCUT2D eigenvalue weighted by Crippen LogP contribution is -2.03. The van der Waals surface area contributed by atoms with E-state index in [0.29, 0.717) is 0 Å². The molecule has 0 saturated heterocycles. The van der Waals surface area contributed by atoms with Crippen molar-refractivity contribution in [2.24, 2.45) is 0 Å². The highest BCUT2D eigenvalue weighted by molar-refractivity contribution is 5.85. The third kappa shape index (κ3) is 5.01. The highest BCUT2D eigenvalue weighted by atomic mass is 19.3. The van der Waals surface area contributed by atoms with Crippen molar-refractivity contribution in [2.75, 3.05) is 6.61 Å². The first-order chi connectivity index (χ1) is 15.4. The van der Waals surface area contributed by atoms with Gasteiger partial charge in [0.15, 0.2) is 23.2 Å². The van der Waals surface area contributed by atoms with Crippen LogP contribution in [0.2, 0.25) is 0 Å². The Kier molecular flexibility index (Phi) is 7.67. The fourth-order valence-electron chi connectivity index (χ4n) is 3.45. The van der Waals surface area contributed by atoms with Gasteiger partial charge in [0.1, 0.15) is 0 Å². The van der Waals surface area contributed by atoms with Crippen molar-refractivity contribution < 1.29 is 26.7 Å². The van der Waals surface area contributed by atoms with Crippen molar-refractivity contribution in [3.8, 4) is 16.9 Å². The Morgan fingerprint density at radius 3 is 1.94 bits per heavy atom. The quantitative estimate of drug-likeness (QED) is 0.249. The molecule has 0 heterocycles. The summed E-state index contributed by atoms with van der Waals surface area (Å²) in [6.07, 6.45) is -1.33. The molecule has 0 N–H and O–H groups in total. The van der Waals surface area contributed by atoms with Gasteiger partial charge in [-0.15, -0.1) is 0 Å². The largest absolute Gasteiger partial charge is 0.491 e. The Labute approximate surface area is 184 Å². The van der Waals surface area contributed by atoms with Gasteiger partial charge in [0.05, 0.1) is 12.2 Å². The maximum absolute atomic E-state index is 14.8. The maximum atomic E-state index is 14.8. The predicted molar refractivity (Wildman–Crippen MR) is 117 cm³/mol. The molecule has 0 unspecified atom stereocenters. The fourth-order valence-corrected chi connectivity index (χ4v) is 3.45. The van der Waals surface area contributed by atoms with Crippen LogP contribution in [0.4, 0.5) is 22.0 Å². The van der Waals surface area contributed by atoms with E-state index in [4.69, 9.17) is 4.74 Å². The van der Waals surface area contributed by atoms with E-state index in [1.54, 1.807) is 19.1 Å². The van der Waals surface area contributed by atoms with Gasteiger partial charge in [-0.1, -0.05) is 61.9 Å². The average Bonchev–Trinajstić information content (AvgIpc) is 2.80. The topological polar surface area (TPSA) is 9.23 Å². The Hall–Kier alpha value is -3.15. The summed E-state index contributed by atoms with van der Waals surface area (Å²) in [7, 11) is 0. The summed E-state index contributed by atoms with van der Waals surface area (Å²) in [6.45, 7) is 3.69. The number of benzene rings is 3. The van der Waals surface area contributed by atoms with Crippen molar-refractivity contribution in [3.05, 3.63) is 88.7 Å². The molecule has 168 valence electrons. The predicted octanol–water partition coefficient (Wildman–Crippen LogP) is 8.55. The second-order valence-electron chi connectivity index (χ2n) is 7.22. The molecule has 0 aliphatic rings. The molecule has 0 aliphatic carbocycles. The van der Waals surface area contributed by atoms with Crippen LogP contribution in [-0.2, 0) is 6.42 Å². The highest BCUT2D eigenvalue weighted by Crippen LogP contribution is 2.39. The summed E-state index contributed by atoms with van der Waals surface area (Å²) < 4.78 is 75.9. The van der Waals surface area contributed by atoms with E-state index < -0.39 is 40.8 Å². The average molecular weight is 446 g/mol. The Morgan fingerprint density at radius 1 is 0.812 bits per heavy atom. The summed E-state index contributed by atoms with van der Waals surface area (Å²) in [4.78, 5) is 0. The molecule has 3 aromatic rings. The summed E-state index contributed by atoms with van der Waals surface area (Å²) in [5, 5.41) is 0. The van der Waals surface area contributed by atoms with Gasteiger partial charge in [-0.05, 0) is 42.2 Å². The molecule has 0 aromatic heterocycles. The molecular weight excluding hydrogens is 423 g/mol. The van der Waals surface area contributed by atoms with Crippen LogP contribution >= 0.6 is 0 Å². The Morgan fingerprint density at radius 2 is 1.41 bits per heavy atom. The highest BCUT2D eigenvalue weighted by Gasteiger charge is 2.26. The molecule has 1 nitrogen and oxygen atoms in total. The first-order valence-corrected chi connectivity index (χ1v) is 10.4. The number of alkyl halides is 2. The smallest absolute Gasteiger partial charge is 0.267 e. The maximum Gasteiger partial charge on any atom is 0.267 e. The zero-order chi connectivity index (χ0) is 23.3. The van der Waals surface area contributed by atoms with Crippen molar-refractivity contribution in [2.45, 2.75) is 33.1 Å². The first-order valence-electron chi connectivity index (χ1n) is 10.4. The standard InChI is InChI=1S/C26H23F5O/c1-3-5-16-6-8-17(9-7-16)18-10-12-19(13-11-18)23(27)24(28)20-14-15-21(32-4-2)25(29)22(20)26(30)31/h6-15,26H,3-5H2,1-2H3/b24-23+. The second-order valence-corrected chi connectivity index (χ2v) is 7.22. The van der Waals surface area contributed by atoms with Gasteiger partial charge in [-0.2, -0.15) is 0 Å². The molecule has 3 rings (SSSR count). The molecule has 0 amide bonds. The van der Waals surface area contributed by atoms with Crippen LogP contribution in [0.25, 0.3) is 22.8 Å². The first kappa shape index (κ1) is 23.5. The molecule has 0 saturated carbocycles. The van der Waals surface area contributed by atoms with Crippen LogP contribution in [0.15, 0.2) is 60.7 Å². The monoisotopic (exact) mass is 446 g/mol. The third-order valence-electron chi connectivity index (χ3n) is 5.06. The molecule has 0 fully saturated rings. The van der Waals surface area contributed by atoms with E-state index >= 15 is 0 Å². The molecule has 0 aliphatic heterocycles. The lowest BCUT2D eigenvalue weighted by molar-refractivity contribution is 0.144. The molecule has 32 heavy (non-hydrogen) atoms. The number of hydrogen-bond acceptors (Lipinski definition) is 1. The van der Waals surface area contributed by atoms with E-state index in [9.17, 15) is 22.0 Å². The van der Waals surface area contributed by atoms with E-state index in [1.165, 1.54) is 17.7 Å². The Bertz CT molecular complexity index is 1090. The van der Waals surface area contributed by atoms with E-state index in [1.807, 2.05) is 24.3 Å². The lowest BCUT2D eigenvalue weighted by atomic mass is 9.99. The second kappa shape index (κ2) is 10.4. The lowest BCUT2D eigenvalue weighted by Gasteiger charge is -2.13. The van der Waals surface area contributed by atoms with Gasteiger partial charge in [0.2, 0.25) is 0 Å². The number of aryl methyl sites for hydroxylation is 1. The van der Waals surface area contributed by atoms with Crippen LogP contribution in [0.5, 0.6) is 5.75 Å². The van der Waals surface area contributed by atoms with Crippen LogP contribution in [0.3, 0.4) is 0 Å². The van der Waals surface area contributed by atoms with Crippen LogP contribution in [0.1, 0.15) is 48.9 Å². The summed E-state index contributed by atoms with van der Waals surface area (Å²) in [5.41, 5.74) is 0.714. The van der Waals surface area contributed by atoms with E-state index in [2.05, 4.69) is 6.92 Å². The molecule has 0 spiro atoms. The van der Waals surface area contributed by atoms with Crippen molar-refractivity contribution >= 4 is 11.7 Å². The summed E-state index contributed by atoms with van der Waals surface area (Å²) >= 11 is 0. The number of hydrogen-bond donors (Lipinski definition) is 0. The van der Waals surface area contributed by atoms with Crippen LogP contribution < -0.4 is 4.74 Å². The molecule has 0 radical (unpaired) electrons.